The summed E-state index contributed by atoms with van der Waals surface area (Å²) in [5.41, 5.74) is 0.912. The number of terminal acetylenes is 1. The van der Waals surface area contributed by atoms with Crippen molar-refractivity contribution in [3.63, 3.8) is 0 Å². The smallest absolute Gasteiger partial charge is 0.132 e. The van der Waals surface area contributed by atoms with Gasteiger partial charge in [-0.25, -0.2) is 0 Å². The zero-order valence-electron chi connectivity index (χ0n) is 8.50. The van der Waals surface area contributed by atoms with Gasteiger partial charge >= 0.3 is 0 Å². The summed E-state index contributed by atoms with van der Waals surface area (Å²) in [6.45, 7) is 0.853. The second-order valence-corrected chi connectivity index (χ2v) is 5.06. The predicted molar refractivity (Wildman–Crippen MR) is 69.9 cm³/mol. The molecule has 0 bridgehead atoms. The maximum absolute atomic E-state index is 5.76. The van der Waals surface area contributed by atoms with Crippen molar-refractivity contribution in [3.8, 4) is 18.1 Å². The van der Waals surface area contributed by atoms with Crippen LogP contribution in [0.2, 0.25) is 0 Å². The molecule has 2 rings (SSSR count). The number of halogens is 1. The van der Waals surface area contributed by atoms with E-state index >= 15 is 0 Å². The molecule has 0 aliphatic heterocycles. The first-order valence-corrected chi connectivity index (χ1v) is 6.26. The van der Waals surface area contributed by atoms with Gasteiger partial charge in [0.2, 0.25) is 0 Å². The van der Waals surface area contributed by atoms with Gasteiger partial charge in [0.05, 0.1) is 10.2 Å². The largest absolute Gasteiger partial charge is 0.492 e. The van der Waals surface area contributed by atoms with Crippen molar-refractivity contribution in [2.24, 2.45) is 5.92 Å². The minimum atomic E-state index is 0.771. The summed E-state index contributed by atoms with van der Waals surface area (Å²) >= 11 is 2.27. The van der Waals surface area contributed by atoms with Crippen LogP contribution in [0, 0.1) is 21.8 Å². The fourth-order valence-electron chi connectivity index (χ4n) is 1.57. The lowest BCUT2D eigenvalue weighted by Crippen LogP contribution is -2.19. The van der Waals surface area contributed by atoms with Gasteiger partial charge in [-0.05, 0) is 59.5 Å². The molecule has 0 saturated heterocycles. The molecule has 0 spiro atoms. The van der Waals surface area contributed by atoms with E-state index in [1.807, 2.05) is 18.2 Å². The number of benzene rings is 1. The second kappa shape index (κ2) is 4.89. The number of rotatable bonds is 3. The quantitative estimate of drug-likeness (QED) is 0.613. The van der Waals surface area contributed by atoms with Crippen LogP contribution >= 0.6 is 22.6 Å². The third-order valence-electron chi connectivity index (χ3n) is 2.80. The van der Waals surface area contributed by atoms with E-state index in [1.165, 1.54) is 19.3 Å². The fourth-order valence-corrected chi connectivity index (χ4v) is 2.25. The van der Waals surface area contributed by atoms with Crippen molar-refractivity contribution in [3.05, 3.63) is 27.3 Å². The van der Waals surface area contributed by atoms with E-state index in [-0.39, 0.29) is 0 Å². The van der Waals surface area contributed by atoms with E-state index in [9.17, 15) is 0 Å². The molecule has 0 aromatic heterocycles. The molecule has 1 aromatic rings. The average molecular weight is 312 g/mol. The molecular weight excluding hydrogens is 299 g/mol. The Morgan fingerprint density at radius 3 is 2.80 bits per heavy atom. The SMILES string of the molecule is C#Cc1ccc(OCC2CCC2)c(I)c1. The van der Waals surface area contributed by atoms with E-state index in [4.69, 9.17) is 11.2 Å². The Morgan fingerprint density at radius 2 is 2.27 bits per heavy atom. The number of ether oxygens (including phenoxy) is 1. The van der Waals surface area contributed by atoms with Crippen LogP contribution in [0.15, 0.2) is 18.2 Å². The van der Waals surface area contributed by atoms with E-state index < -0.39 is 0 Å². The summed E-state index contributed by atoms with van der Waals surface area (Å²) in [4.78, 5) is 0. The van der Waals surface area contributed by atoms with Crippen LogP contribution in [0.25, 0.3) is 0 Å². The topological polar surface area (TPSA) is 9.23 Å². The van der Waals surface area contributed by atoms with Gasteiger partial charge in [-0.1, -0.05) is 12.3 Å². The van der Waals surface area contributed by atoms with Crippen molar-refractivity contribution in [2.75, 3.05) is 6.61 Å². The van der Waals surface area contributed by atoms with Gasteiger partial charge in [0.15, 0.2) is 0 Å². The zero-order chi connectivity index (χ0) is 10.7. The van der Waals surface area contributed by atoms with E-state index in [2.05, 4.69) is 28.5 Å². The van der Waals surface area contributed by atoms with Gasteiger partial charge in [-0.3, -0.25) is 0 Å². The lowest BCUT2D eigenvalue weighted by Gasteiger charge is -2.25. The Kier molecular flexibility index (Phi) is 3.53. The molecule has 1 aliphatic carbocycles. The monoisotopic (exact) mass is 312 g/mol. The summed E-state index contributed by atoms with van der Waals surface area (Å²) in [7, 11) is 0. The van der Waals surface area contributed by atoms with E-state index in [1.54, 1.807) is 0 Å². The molecular formula is C13H13IO. The van der Waals surface area contributed by atoms with Gasteiger partial charge < -0.3 is 4.74 Å². The van der Waals surface area contributed by atoms with Crippen LogP contribution in [0.5, 0.6) is 5.75 Å². The van der Waals surface area contributed by atoms with Gasteiger partial charge in [-0.15, -0.1) is 6.42 Å². The van der Waals surface area contributed by atoms with Gasteiger partial charge in [0.1, 0.15) is 5.75 Å². The normalized spacial score (nSPS) is 15.5. The van der Waals surface area contributed by atoms with Crippen molar-refractivity contribution in [1.29, 1.82) is 0 Å². The maximum Gasteiger partial charge on any atom is 0.132 e. The van der Waals surface area contributed by atoms with Crippen LogP contribution in [0.4, 0.5) is 0 Å². The highest BCUT2D eigenvalue weighted by Crippen LogP contribution is 2.28. The highest BCUT2D eigenvalue weighted by Gasteiger charge is 2.18. The minimum Gasteiger partial charge on any atom is -0.492 e. The van der Waals surface area contributed by atoms with Crippen LogP contribution < -0.4 is 4.74 Å². The highest BCUT2D eigenvalue weighted by atomic mass is 127. The highest BCUT2D eigenvalue weighted by molar-refractivity contribution is 14.1. The molecule has 1 aromatic carbocycles. The summed E-state index contributed by atoms with van der Waals surface area (Å²) in [5.74, 6) is 4.35. The lowest BCUT2D eigenvalue weighted by atomic mass is 9.86. The van der Waals surface area contributed by atoms with Gasteiger partial charge in [0.25, 0.3) is 0 Å². The van der Waals surface area contributed by atoms with Crippen LogP contribution in [0.1, 0.15) is 24.8 Å². The molecule has 2 heteroatoms. The van der Waals surface area contributed by atoms with Crippen LogP contribution in [-0.2, 0) is 0 Å². The first kappa shape index (κ1) is 10.8. The molecule has 0 amide bonds. The van der Waals surface area contributed by atoms with Crippen LogP contribution in [0.3, 0.4) is 0 Å². The molecule has 15 heavy (non-hydrogen) atoms. The molecule has 0 radical (unpaired) electrons. The summed E-state index contributed by atoms with van der Waals surface area (Å²) in [6.07, 6.45) is 9.33. The molecule has 1 saturated carbocycles. The molecule has 0 atom stereocenters. The van der Waals surface area contributed by atoms with Crippen molar-refractivity contribution < 1.29 is 4.74 Å². The average Bonchev–Trinajstić information content (AvgIpc) is 2.18. The Bertz CT molecular complexity index is 388. The lowest BCUT2D eigenvalue weighted by molar-refractivity contribution is 0.179. The van der Waals surface area contributed by atoms with E-state index in [0.717, 1.165) is 27.4 Å². The van der Waals surface area contributed by atoms with Crippen molar-refractivity contribution >= 4 is 22.6 Å². The molecule has 1 fully saturated rings. The molecule has 78 valence electrons. The number of hydrogen-bond acceptors (Lipinski definition) is 1. The first-order chi connectivity index (χ1) is 7.29. The Morgan fingerprint density at radius 1 is 1.47 bits per heavy atom. The molecule has 1 nitrogen and oxygen atoms in total. The summed E-state index contributed by atoms with van der Waals surface area (Å²) < 4.78 is 6.86. The fraction of sp³-hybridized carbons (Fsp3) is 0.385. The summed E-state index contributed by atoms with van der Waals surface area (Å²) in [6, 6.07) is 5.88. The van der Waals surface area contributed by atoms with Gasteiger partial charge in [0, 0.05) is 5.56 Å². The Hall–Kier alpha value is -0.690. The van der Waals surface area contributed by atoms with Crippen molar-refractivity contribution in [1.82, 2.24) is 0 Å². The summed E-state index contributed by atoms with van der Waals surface area (Å²) in [5, 5.41) is 0. The first-order valence-electron chi connectivity index (χ1n) is 5.18. The molecule has 0 unspecified atom stereocenters. The van der Waals surface area contributed by atoms with E-state index in [0.29, 0.717) is 0 Å². The Labute approximate surface area is 104 Å². The Balaban J connectivity index is 1.98. The number of hydrogen-bond donors (Lipinski definition) is 0. The van der Waals surface area contributed by atoms with Crippen LogP contribution in [-0.4, -0.2) is 6.61 Å². The molecule has 0 heterocycles. The third kappa shape index (κ3) is 2.66. The maximum atomic E-state index is 5.76. The van der Waals surface area contributed by atoms with Crippen molar-refractivity contribution in [2.45, 2.75) is 19.3 Å². The standard InChI is InChI=1S/C13H13IO/c1-2-10-6-7-13(12(14)8-10)15-9-11-4-3-5-11/h1,6-8,11H,3-5,9H2. The van der Waals surface area contributed by atoms with Gasteiger partial charge in [-0.2, -0.15) is 0 Å². The zero-order valence-corrected chi connectivity index (χ0v) is 10.7. The molecule has 1 aliphatic rings. The predicted octanol–water partition coefficient (Wildman–Crippen LogP) is 3.45. The third-order valence-corrected chi connectivity index (χ3v) is 3.64. The second-order valence-electron chi connectivity index (χ2n) is 3.90. The molecule has 0 N–H and O–H groups in total. The minimum absolute atomic E-state index is 0.771.